The molecule has 1 aromatic rings. The third kappa shape index (κ3) is 3.16. The second-order valence-electron chi connectivity index (χ2n) is 4.98. The van der Waals surface area contributed by atoms with Crippen LogP contribution in [0.1, 0.15) is 38.2 Å². The van der Waals surface area contributed by atoms with Crippen molar-refractivity contribution in [3.8, 4) is 0 Å². The molecule has 0 saturated heterocycles. The SMILES string of the molecule is CC1Cc2ccccc2N1CCCCCCCl. The van der Waals surface area contributed by atoms with E-state index in [1.54, 1.807) is 0 Å². The van der Waals surface area contributed by atoms with Crippen LogP contribution in [0.15, 0.2) is 24.3 Å². The predicted molar refractivity (Wildman–Crippen MR) is 76.1 cm³/mol. The van der Waals surface area contributed by atoms with Crippen molar-refractivity contribution in [2.24, 2.45) is 0 Å². The van der Waals surface area contributed by atoms with E-state index in [-0.39, 0.29) is 0 Å². The average molecular weight is 252 g/mol. The van der Waals surface area contributed by atoms with Gasteiger partial charge >= 0.3 is 0 Å². The Labute approximate surface area is 110 Å². The molecule has 94 valence electrons. The molecule has 0 amide bonds. The molecule has 1 aliphatic heterocycles. The highest BCUT2D eigenvalue weighted by Gasteiger charge is 2.24. The Morgan fingerprint density at radius 3 is 2.76 bits per heavy atom. The summed E-state index contributed by atoms with van der Waals surface area (Å²) in [7, 11) is 0. The van der Waals surface area contributed by atoms with Gasteiger partial charge in [-0.05, 0) is 37.8 Å². The van der Waals surface area contributed by atoms with E-state index in [1.807, 2.05) is 0 Å². The highest BCUT2D eigenvalue weighted by atomic mass is 35.5. The van der Waals surface area contributed by atoms with E-state index in [2.05, 4.69) is 36.1 Å². The molecular formula is C15H22ClN. The summed E-state index contributed by atoms with van der Waals surface area (Å²) < 4.78 is 0. The fourth-order valence-electron chi connectivity index (χ4n) is 2.70. The summed E-state index contributed by atoms with van der Waals surface area (Å²) >= 11 is 5.69. The molecule has 0 bridgehead atoms. The topological polar surface area (TPSA) is 3.24 Å². The molecular weight excluding hydrogens is 230 g/mol. The van der Waals surface area contributed by atoms with Crippen LogP contribution in [0.4, 0.5) is 5.69 Å². The summed E-state index contributed by atoms with van der Waals surface area (Å²) in [5.41, 5.74) is 2.97. The highest BCUT2D eigenvalue weighted by Crippen LogP contribution is 2.31. The van der Waals surface area contributed by atoms with E-state index in [4.69, 9.17) is 11.6 Å². The molecule has 0 fully saturated rings. The van der Waals surface area contributed by atoms with Crippen LogP contribution in [0.3, 0.4) is 0 Å². The van der Waals surface area contributed by atoms with Gasteiger partial charge < -0.3 is 4.90 Å². The van der Waals surface area contributed by atoms with Gasteiger partial charge in [-0.3, -0.25) is 0 Å². The van der Waals surface area contributed by atoms with Crippen molar-refractivity contribution < 1.29 is 0 Å². The fraction of sp³-hybridized carbons (Fsp3) is 0.600. The molecule has 1 nitrogen and oxygen atoms in total. The molecule has 0 aromatic heterocycles. The molecule has 1 atom stereocenters. The standard InChI is InChI=1S/C15H22ClN/c1-13-12-14-8-4-5-9-15(14)17(13)11-7-3-2-6-10-16/h4-5,8-9,13H,2-3,6-7,10-12H2,1H3. The second kappa shape index (κ2) is 6.30. The number of hydrogen-bond acceptors (Lipinski definition) is 1. The van der Waals surface area contributed by atoms with Crippen LogP contribution >= 0.6 is 11.6 Å². The number of para-hydroxylation sites is 1. The normalized spacial score (nSPS) is 18.5. The Morgan fingerprint density at radius 1 is 1.18 bits per heavy atom. The smallest absolute Gasteiger partial charge is 0.0402 e. The third-order valence-corrected chi connectivity index (χ3v) is 3.90. The van der Waals surface area contributed by atoms with Crippen LogP contribution in [0.5, 0.6) is 0 Å². The minimum Gasteiger partial charge on any atom is -0.368 e. The number of alkyl halides is 1. The third-order valence-electron chi connectivity index (χ3n) is 3.63. The molecule has 17 heavy (non-hydrogen) atoms. The monoisotopic (exact) mass is 251 g/mol. The minimum absolute atomic E-state index is 0.667. The van der Waals surface area contributed by atoms with Crippen LogP contribution in [-0.2, 0) is 6.42 Å². The molecule has 1 unspecified atom stereocenters. The van der Waals surface area contributed by atoms with Crippen molar-refractivity contribution in [3.05, 3.63) is 29.8 Å². The zero-order chi connectivity index (χ0) is 12.1. The number of halogens is 1. The maximum absolute atomic E-state index is 5.69. The zero-order valence-electron chi connectivity index (χ0n) is 10.7. The number of benzene rings is 1. The Hall–Kier alpha value is -0.690. The molecule has 1 aromatic carbocycles. The quantitative estimate of drug-likeness (QED) is 0.540. The van der Waals surface area contributed by atoms with Crippen molar-refractivity contribution in [2.75, 3.05) is 17.3 Å². The zero-order valence-corrected chi connectivity index (χ0v) is 11.4. The summed E-state index contributed by atoms with van der Waals surface area (Å²) in [5.74, 6) is 0.808. The Balaban J connectivity index is 1.84. The van der Waals surface area contributed by atoms with E-state index in [0.29, 0.717) is 6.04 Å². The molecule has 2 rings (SSSR count). The van der Waals surface area contributed by atoms with Crippen LogP contribution in [0.25, 0.3) is 0 Å². The summed E-state index contributed by atoms with van der Waals surface area (Å²) in [4.78, 5) is 2.57. The van der Waals surface area contributed by atoms with Gasteiger partial charge in [-0.2, -0.15) is 0 Å². The average Bonchev–Trinajstić information content (AvgIpc) is 2.65. The first-order chi connectivity index (χ1) is 8.33. The number of anilines is 1. The first-order valence-corrected chi connectivity index (χ1v) is 7.27. The van der Waals surface area contributed by atoms with Gasteiger partial charge in [0.1, 0.15) is 0 Å². The highest BCUT2D eigenvalue weighted by molar-refractivity contribution is 6.17. The van der Waals surface area contributed by atoms with Gasteiger partial charge in [-0.15, -0.1) is 11.6 Å². The number of hydrogen-bond donors (Lipinski definition) is 0. The summed E-state index contributed by atoms with van der Waals surface area (Å²) in [5, 5.41) is 0. The molecule has 1 heterocycles. The molecule has 2 heteroatoms. The molecule has 0 N–H and O–H groups in total. The van der Waals surface area contributed by atoms with Crippen LogP contribution in [0.2, 0.25) is 0 Å². The van der Waals surface area contributed by atoms with Crippen molar-refractivity contribution in [2.45, 2.75) is 45.1 Å². The van der Waals surface area contributed by atoms with E-state index < -0.39 is 0 Å². The Morgan fingerprint density at radius 2 is 1.94 bits per heavy atom. The first-order valence-electron chi connectivity index (χ1n) is 6.73. The van der Waals surface area contributed by atoms with Crippen LogP contribution in [0, 0.1) is 0 Å². The number of fused-ring (bicyclic) bond motifs is 1. The number of rotatable bonds is 6. The van der Waals surface area contributed by atoms with Gasteiger partial charge in [0.25, 0.3) is 0 Å². The molecule has 0 spiro atoms. The maximum atomic E-state index is 5.69. The van der Waals surface area contributed by atoms with Gasteiger partial charge in [0.15, 0.2) is 0 Å². The van der Waals surface area contributed by atoms with Gasteiger partial charge in [0, 0.05) is 24.2 Å². The Bertz CT molecular complexity index is 351. The lowest BCUT2D eigenvalue weighted by Gasteiger charge is -2.24. The minimum atomic E-state index is 0.667. The van der Waals surface area contributed by atoms with Crippen molar-refractivity contribution >= 4 is 17.3 Å². The van der Waals surface area contributed by atoms with E-state index in [0.717, 1.165) is 12.3 Å². The predicted octanol–water partition coefficient (Wildman–Crippen LogP) is 4.24. The molecule has 0 aliphatic carbocycles. The first kappa shape index (κ1) is 12.8. The Kier molecular flexibility index (Phi) is 4.73. The van der Waals surface area contributed by atoms with Gasteiger partial charge in [-0.25, -0.2) is 0 Å². The van der Waals surface area contributed by atoms with Crippen molar-refractivity contribution in [1.29, 1.82) is 0 Å². The van der Waals surface area contributed by atoms with Crippen molar-refractivity contribution in [1.82, 2.24) is 0 Å². The number of unbranched alkanes of at least 4 members (excludes halogenated alkanes) is 3. The van der Waals surface area contributed by atoms with E-state index in [9.17, 15) is 0 Å². The van der Waals surface area contributed by atoms with Crippen LogP contribution in [-0.4, -0.2) is 18.5 Å². The largest absolute Gasteiger partial charge is 0.368 e. The van der Waals surface area contributed by atoms with Crippen LogP contribution < -0.4 is 4.90 Å². The fourth-order valence-corrected chi connectivity index (χ4v) is 2.89. The van der Waals surface area contributed by atoms with E-state index >= 15 is 0 Å². The summed E-state index contributed by atoms with van der Waals surface area (Å²) in [6.07, 6.45) is 6.23. The van der Waals surface area contributed by atoms with Gasteiger partial charge in [-0.1, -0.05) is 31.0 Å². The van der Waals surface area contributed by atoms with E-state index in [1.165, 1.54) is 43.5 Å². The maximum Gasteiger partial charge on any atom is 0.0402 e. The second-order valence-corrected chi connectivity index (χ2v) is 5.36. The lowest BCUT2D eigenvalue weighted by Crippen LogP contribution is -2.30. The molecule has 1 aliphatic rings. The summed E-state index contributed by atoms with van der Waals surface area (Å²) in [6.45, 7) is 3.53. The molecule has 0 radical (unpaired) electrons. The lowest BCUT2D eigenvalue weighted by atomic mass is 10.1. The lowest BCUT2D eigenvalue weighted by molar-refractivity contribution is 0.608. The van der Waals surface area contributed by atoms with Gasteiger partial charge in [0.05, 0.1) is 0 Å². The van der Waals surface area contributed by atoms with Gasteiger partial charge in [0.2, 0.25) is 0 Å². The molecule has 0 saturated carbocycles. The number of nitrogens with zero attached hydrogens (tertiary/aromatic N) is 1. The van der Waals surface area contributed by atoms with Crippen molar-refractivity contribution in [3.63, 3.8) is 0 Å². The summed E-state index contributed by atoms with van der Waals surface area (Å²) in [6, 6.07) is 9.49.